The molecule has 3 rings (SSSR count). The third kappa shape index (κ3) is 4.60. The van der Waals surface area contributed by atoms with Gasteiger partial charge in [-0.1, -0.05) is 17.3 Å². The van der Waals surface area contributed by atoms with Crippen LogP contribution in [0.5, 0.6) is 0 Å². The van der Waals surface area contributed by atoms with Crippen molar-refractivity contribution in [1.82, 2.24) is 19.9 Å². The molecule has 0 bridgehead atoms. The summed E-state index contributed by atoms with van der Waals surface area (Å²) < 4.78 is 39.2. The zero-order valence-electron chi connectivity index (χ0n) is 14.3. The number of halogens is 3. The number of benzene rings is 1. The number of aromatic nitrogens is 3. The number of piperidine rings is 1. The molecule has 1 N–H and O–H groups in total. The van der Waals surface area contributed by atoms with Gasteiger partial charge in [-0.25, -0.2) is 4.68 Å². The van der Waals surface area contributed by atoms with Crippen molar-refractivity contribution in [3.05, 3.63) is 41.6 Å². The van der Waals surface area contributed by atoms with Crippen LogP contribution in [0.2, 0.25) is 0 Å². The number of amides is 1. The molecule has 0 saturated carbocycles. The van der Waals surface area contributed by atoms with E-state index in [-0.39, 0.29) is 18.4 Å². The summed E-state index contributed by atoms with van der Waals surface area (Å²) in [4.78, 5) is 14.4. The van der Waals surface area contributed by atoms with Crippen LogP contribution in [0.3, 0.4) is 0 Å². The Kier molecular flexibility index (Phi) is 5.26. The number of nitrogens with one attached hydrogen (secondary N) is 1. The topological polar surface area (TPSA) is 63.1 Å². The molecule has 2 aromatic rings. The molecule has 2 heterocycles. The first-order valence-corrected chi connectivity index (χ1v) is 8.37. The molecule has 1 aliphatic rings. The van der Waals surface area contributed by atoms with Crippen molar-refractivity contribution in [2.45, 2.75) is 25.6 Å². The second kappa shape index (κ2) is 7.45. The average molecular weight is 367 g/mol. The van der Waals surface area contributed by atoms with E-state index in [0.29, 0.717) is 11.4 Å². The van der Waals surface area contributed by atoms with Gasteiger partial charge in [0.05, 0.1) is 18.3 Å². The van der Waals surface area contributed by atoms with Crippen LogP contribution in [0.15, 0.2) is 30.5 Å². The zero-order valence-corrected chi connectivity index (χ0v) is 14.3. The number of carbonyl (C=O) groups is 1. The van der Waals surface area contributed by atoms with Crippen LogP contribution < -0.4 is 5.32 Å². The summed E-state index contributed by atoms with van der Waals surface area (Å²) in [6, 6.07) is 4.88. The number of carbonyl (C=O) groups excluding carboxylic acids is 1. The Bertz CT molecular complexity index is 749. The second-order valence-corrected chi connectivity index (χ2v) is 6.56. The quantitative estimate of drug-likeness (QED) is 0.902. The molecule has 1 amide bonds. The van der Waals surface area contributed by atoms with Crippen molar-refractivity contribution in [2.24, 2.45) is 5.92 Å². The highest BCUT2D eigenvalue weighted by molar-refractivity contribution is 5.91. The van der Waals surface area contributed by atoms with Gasteiger partial charge in [0, 0.05) is 5.92 Å². The van der Waals surface area contributed by atoms with Gasteiger partial charge in [0.2, 0.25) is 5.91 Å². The van der Waals surface area contributed by atoms with Gasteiger partial charge in [-0.3, -0.25) is 4.79 Å². The predicted octanol–water partition coefficient (Wildman–Crippen LogP) is 2.63. The average Bonchev–Trinajstić information content (AvgIpc) is 3.02. The Morgan fingerprint density at radius 3 is 2.50 bits per heavy atom. The van der Waals surface area contributed by atoms with E-state index in [1.54, 1.807) is 6.20 Å². The van der Waals surface area contributed by atoms with Gasteiger partial charge >= 0.3 is 6.18 Å². The van der Waals surface area contributed by atoms with E-state index in [0.717, 1.165) is 38.1 Å². The summed E-state index contributed by atoms with van der Waals surface area (Å²) >= 11 is 0. The van der Waals surface area contributed by atoms with Crippen molar-refractivity contribution in [2.75, 3.05) is 25.5 Å². The molecular weight excluding hydrogens is 347 g/mol. The van der Waals surface area contributed by atoms with Crippen LogP contribution in [0.1, 0.15) is 24.0 Å². The van der Waals surface area contributed by atoms with Gasteiger partial charge in [-0.15, -0.1) is 5.10 Å². The summed E-state index contributed by atoms with van der Waals surface area (Å²) in [6.45, 7) is 2.05. The lowest BCUT2D eigenvalue weighted by molar-refractivity contribution is -0.137. The first kappa shape index (κ1) is 18.4. The third-order valence-corrected chi connectivity index (χ3v) is 4.51. The molecule has 9 heteroatoms. The largest absolute Gasteiger partial charge is 0.416 e. The van der Waals surface area contributed by atoms with Gasteiger partial charge in [0.15, 0.2) is 5.82 Å². The van der Waals surface area contributed by atoms with E-state index in [2.05, 4.69) is 20.5 Å². The number of hydrogen-bond acceptors (Lipinski definition) is 4. The zero-order chi connectivity index (χ0) is 18.7. The van der Waals surface area contributed by atoms with E-state index in [1.165, 1.54) is 16.8 Å². The first-order chi connectivity index (χ1) is 12.3. The molecule has 0 radical (unpaired) electrons. The van der Waals surface area contributed by atoms with Crippen molar-refractivity contribution >= 4 is 11.7 Å². The van der Waals surface area contributed by atoms with E-state index in [4.69, 9.17) is 0 Å². The van der Waals surface area contributed by atoms with Crippen molar-refractivity contribution < 1.29 is 18.0 Å². The van der Waals surface area contributed by atoms with E-state index in [9.17, 15) is 18.0 Å². The Balaban J connectivity index is 1.57. The summed E-state index contributed by atoms with van der Waals surface area (Å²) in [5.41, 5.74) is -0.0259. The fraction of sp³-hybridized carbons (Fsp3) is 0.471. The van der Waals surface area contributed by atoms with Gasteiger partial charge in [0.1, 0.15) is 0 Å². The summed E-state index contributed by atoms with van der Waals surface area (Å²) in [7, 11) is 2.03. The predicted molar refractivity (Wildman–Crippen MR) is 89.4 cm³/mol. The lowest BCUT2D eigenvalue weighted by Gasteiger charge is -2.27. The smallest absolute Gasteiger partial charge is 0.308 e. The number of alkyl halides is 3. The lowest BCUT2D eigenvalue weighted by Crippen LogP contribution is -2.35. The van der Waals surface area contributed by atoms with Crippen LogP contribution in [0, 0.1) is 5.92 Å². The maximum atomic E-state index is 12.6. The Morgan fingerprint density at radius 2 is 1.88 bits per heavy atom. The highest BCUT2D eigenvalue weighted by atomic mass is 19.4. The number of hydrogen-bond donors (Lipinski definition) is 1. The standard InChI is InChI=1S/C17H20F3N5O/c1-24-8-6-13(7-9-24)16(26)21-15-11-25(23-22-15)10-12-2-4-14(5-3-12)17(18,19)20/h2-5,11,13H,6-10H2,1H3,(H,21,26). The minimum Gasteiger partial charge on any atom is -0.308 e. The van der Waals surface area contributed by atoms with Gasteiger partial charge in [-0.05, 0) is 50.7 Å². The molecule has 1 fully saturated rings. The summed E-state index contributed by atoms with van der Waals surface area (Å²) in [5.74, 6) is 0.242. The molecule has 0 unspecified atom stereocenters. The van der Waals surface area contributed by atoms with Crippen LogP contribution >= 0.6 is 0 Å². The van der Waals surface area contributed by atoms with Crippen LogP contribution in [0.4, 0.5) is 19.0 Å². The maximum Gasteiger partial charge on any atom is 0.416 e. The highest BCUT2D eigenvalue weighted by Gasteiger charge is 2.30. The lowest BCUT2D eigenvalue weighted by atomic mass is 9.96. The molecule has 1 aliphatic heterocycles. The number of nitrogens with zero attached hydrogens (tertiary/aromatic N) is 4. The molecule has 1 aromatic carbocycles. The normalized spacial score (nSPS) is 16.6. The van der Waals surface area contributed by atoms with Crippen molar-refractivity contribution in [1.29, 1.82) is 0 Å². The van der Waals surface area contributed by atoms with Crippen molar-refractivity contribution in [3.8, 4) is 0 Å². The number of likely N-dealkylation sites (tertiary alicyclic amines) is 1. The number of anilines is 1. The fourth-order valence-corrected chi connectivity index (χ4v) is 2.92. The Labute approximate surface area is 149 Å². The molecule has 0 aliphatic carbocycles. The number of rotatable bonds is 4. The first-order valence-electron chi connectivity index (χ1n) is 8.37. The highest BCUT2D eigenvalue weighted by Crippen LogP contribution is 2.29. The van der Waals surface area contributed by atoms with Crippen LogP contribution in [-0.4, -0.2) is 45.9 Å². The Hall–Kier alpha value is -2.42. The molecule has 0 atom stereocenters. The molecule has 0 spiro atoms. The summed E-state index contributed by atoms with van der Waals surface area (Å²) in [6.07, 6.45) is -1.16. The monoisotopic (exact) mass is 367 g/mol. The van der Waals surface area contributed by atoms with Crippen LogP contribution in [0.25, 0.3) is 0 Å². The van der Waals surface area contributed by atoms with E-state index >= 15 is 0 Å². The maximum absolute atomic E-state index is 12.6. The van der Waals surface area contributed by atoms with E-state index < -0.39 is 11.7 Å². The SMILES string of the molecule is CN1CCC(C(=O)Nc2cn(Cc3ccc(C(F)(F)F)cc3)nn2)CC1. The molecular formula is C17H20F3N5O. The van der Waals surface area contributed by atoms with Crippen molar-refractivity contribution in [3.63, 3.8) is 0 Å². The Morgan fingerprint density at radius 1 is 1.23 bits per heavy atom. The molecule has 26 heavy (non-hydrogen) atoms. The van der Waals surface area contributed by atoms with Gasteiger partial charge in [-0.2, -0.15) is 13.2 Å². The molecule has 1 aromatic heterocycles. The fourth-order valence-electron chi connectivity index (χ4n) is 2.92. The second-order valence-electron chi connectivity index (χ2n) is 6.56. The van der Waals surface area contributed by atoms with E-state index in [1.807, 2.05) is 7.05 Å². The van der Waals surface area contributed by atoms with Crippen LogP contribution in [-0.2, 0) is 17.5 Å². The minimum absolute atomic E-state index is 0.0359. The molecule has 1 saturated heterocycles. The minimum atomic E-state index is -4.35. The molecule has 140 valence electrons. The third-order valence-electron chi connectivity index (χ3n) is 4.51. The van der Waals surface area contributed by atoms with Gasteiger partial charge in [0.25, 0.3) is 0 Å². The summed E-state index contributed by atoms with van der Waals surface area (Å²) in [5, 5.41) is 10.6. The van der Waals surface area contributed by atoms with Gasteiger partial charge < -0.3 is 10.2 Å². The molecule has 6 nitrogen and oxygen atoms in total.